The van der Waals surface area contributed by atoms with Gasteiger partial charge in [0.15, 0.2) is 0 Å². The largest absolute Gasteiger partial charge is 0.324 e. The van der Waals surface area contributed by atoms with Gasteiger partial charge >= 0.3 is 0 Å². The van der Waals surface area contributed by atoms with E-state index in [0.29, 0.717) is 10.6 Å². The Labute approximate surface area is 108 Å². The number of benzene rings is 1. The lowest BCUT2D eigenvalue weighted by Gasteiger charge is -2.12. The first-order chi connectivity index (χ1) is 7.15. The number of hydrogen-bond donors (Lipinski definition) is 1. The van der Waals surface area contributed by atoms with Crippen LogP contribution in [0, 0.1) is 5.82 Å². The van der Waals surface area contributed by atoms with Gasteiger partial charge in [-0.05, 0) is 24.6 Å². The van der Waals surface area contributed by atoms with Gasteiger partial charge in [-0.3, -0.25) is 0 Å². The molecule has 0 aliphatic carbocycles. The van der Waals surface area contributed by atoms with E-state index in [1.165, 1.54) is 6.07 Å². The maximum absolute atomic E-state index is 13.4. The molecule has 0 spiro atoms. The van der Waals surface area contributed by atoms with Crippen LogP contribution in [0.2, 0.25) is 5.02 Å². The first-order valence-corrected chi connectivity index (χ1v) is 5.73. The molecule has 1 rings (SSSR count). The maximum atomic E-state index is 13.4. The Morgan fingerprint density at radius 2 is 2.06 bits per heavy atom. The van der Waals surface area contributed by atoms with Gasteiger partial charge in [-0.2, -0.15) is 0 Å². The van der Waals surface area contributed by atoms with E-state index in [9.17, 15) is 4.39 Å². The van der Waals surface area contributed by atoms with E-state index >= 15 is 0 Å². The highest BCUT2D eigenvalue weighted by Crippen LogP contribution is 2.23. The summed E-state index contributed by atoms with van der Waals surface area (Å²) in [6.07, 6.45) is 4.12. The van der Waals surface area contributed by atoms with Crippen LogP contribution in [-0.4, -0.2) is 0 Å². The Balaban J connectivity index is 0.00000225. The smallest absolute Gasteiger partial charge is 0.128 e. The van der Waals surface area contributed by atoms with Crippen molar-refractivity contribution in [2.45, 2.75) is 38.6 Å². The Morgan fingerprint density at radius 1 is 1.38 bits per heavy atom. The predicted molar refractivity (Wildman–Crippen MR) is 69.7 cm³/mol. The van der Waals surface area contributed by atoms with Gasteiger partial charge < -0.3 is 5.73 Å². The first kappa shape index (κ1) is 15.7. The van der Waals surface area contributed by atoms with Crippen LogP contribution in [0.25, 0.3) is 0 Å². The van der Waals surface area contributed by atoms with Gasteiger partial charge in [-0.1, -0.05) is 37.8 Å². The molecule has 0 radical (unpaired) electrons. The van der Waals surface area contributed by atoms with Crippen molar-refractivity contribution in [2.75, 3.05) is 0 Å². The molecule has 1 aromatic rings. The fourth-order valence-electron chi connectivity index (χ4n) is 1.57. The molecule has 4 heteroatoms. The minimum atomic E-state index is -0.261. The summed E-state index contributed by atoms with van der Waals surface area (Å²) < 4.78 is 13.4. The molecule has 1 atom stereocenters. The van der Waals surface area contributed by atoms with Gasteiger partial charge in [-0.15, -0.1) is 12.4 Å². The minimum absolute atomic E-state index is 0. The maximum Gasteiger partial charge on any atom is 0.128 e. The van der Waals surface area contributed by atoms with Crippen molar-refractivity contribution in [2.24, 2.45) is 5.73 Å². The third-order valence-electron chi connectivity index (χ3n) is 2.48. The molecule has 1 nitrogen and oxygen atoms in total. The van der Waals surface area contributed by atoms with Crippen molar-refractivity contribution in [3.8, 4) is 0 Å². The van der Waals surface area contributed by atoms with Crippen LogP contribution in [0.5, 0.6) is 0 Å². The number of unbranched alkanes of at least 4 members (excludes halogenated alkanes) is 2. The Bertz CT molecular complexity index is 318. The molecule has 0 unspecified atom stereocenters. The van der Waals surface area contributed by atoms with Gasteiger partial charge in [0.1, 0.15) is 5.82 Å². The Morgan fingerprint density at radius 3 is 2.69 bits per heavy atom. The van der Waals surface area contributed by atoms with Crippen LogP contribution in [0.1, 0.15) is 44.2 Å². The lowest BCUT2D eigenvalue weighted by molar-refractivity contribution is 0.539. The van der Waals surface area contributed by atoms with Gasteiger partial charge in [0, 0.05) is 16.6 Å². The Kier molecular flexibility index (Phi) is 7.73. The SMILES string of the molecule is CCCCC[C@H](N)c1cc(Cl)ccc1F.Cl. The highest BCUT2D eigenvalue weighted by molar-refractivity contribution is 6.30. The lowest BCUT2D eigenvalue weighted by Crippen LogP contribution is -2.12. The van der Waals surface area contributed by atoms with E-state index in [0.717, 1.165) is 25.7 Å². The van der Waals surface area contributed by atoms with E-state index in [2.05, 4.69) is 6.92 Å². The summed E-state index contributed by atoms with van der Waals surface area (Å²) in [4.78, 5) is 0. The van der Waals surface area contributed by atoms with E-state index in [-0.39, 0.29) is 24.3 Å². The second-order valence-electron chi connectivity index (χ2n) is 3.77. The molecule has 0 saturated heterocycles. The van der Waals surface area contributed by atoms with Crippen LogP contribution in [0.15, 0.2) is 18.2 Å². The third-order valence-corrected chi connectivity index (χ3v) is 2.71. The summed E-state index contributed by atoms with van der Waals surface area (Å²) in [5.41, 5.74) is 6.43. The minimum Gasteiger partial charge on any atom is -0.324 e. The van der Waals surface area contributed by atoms with Crippen LogP contribution in [0.4, 0.5) is 4.39 Å². The summed E-state index contributed by atoms with van der Waals surface area (Å²) in [5, 5.41) is 0.539. The zero-order valence-corrected chi connectivity index (χ0v) is 11.0. The lowest BCUT2D eigenvalue weighted by atomic mass is 10.0. The fourth-order valence-corrected chi connectivity index (χ4v) is 1.75. The average Bonchev–Trinajstić information content (AvgIpc) is 2.22. The molecule has 2 N–H and O–H groups in total. The second-order valence-corrected chi connectivity index (χ2v) is 4.20. The summed E-state index contributed by atoms with van der Waals surface area (Å²) in [7, 11) is 0. The Hall–Kier alpha value is -0.310. The summed E-state index contributed by atoms with van der Waals surface area (Å²) in [5.74, 6) is -0.261. The normalized spacial score (nSPS) is 12.0. The van der Waals surface area contributed by atoms with Crippen LogP contribution in [-0.2, 0) is 0 Å². The first-order valence-electron chi connectivity index (χ1n) is 5.35. The zero-order chi connectivity index (χ0) is 11.3. The summed E-state index contributed by atoms with van der Waals surface area (Å²) in [6.45, 7) is 2.13. The molecule has 0 heterocycles. The highest BCUT2D eigenvalue weighted by Gasteiger charge is 2.11. The van der Waals surface area contributed by atoms with Crippen LogP contribution < -0.4 is 5.73 Å². The number of nitrogens with two attached hydrogens (primary N) is 1. The average molecular weight is 266 g/mol. The van der Waals surface area contributed by atoms with Gasteiger partial charge in [0.2, 0.25) is 0 Å². The van der Waals surface area contributed by atoms with Gasteiger partial charge in [0.25, 0.3) is 0 Å². The molecule has 0 saturated carbocycles. The van der Waals surface area contributed by atoms with Crippen molar-refractivity contribution < 1.29 is 4.39 Å². The number of hydrogen-bond acceptors (Lipinski definition) is 1. The van der Waals surface area contributed by atoms with E-state index in [4.69, 9.17) is 17.3 Å². The zero-order valence-electron chi connectivity index (χ0n) is 9.38. The molecule has 0 bridgehead atoms. The number of rotatable bonds is 5. The van der Waals surface area contributed by atoms with E-state index in [1.54, 1.807) is 12.1 Å². The fraction of sp³-hybridized carbons (Fsp3) is 0.500. The van der Waals surface area contributed by atoms with Gasteiger partial charge in [-0.25, -0.2) is 4.39 Å². The van der Waals surface area contributed by atoms with Crippen molar-refractivity contribution in [3.05, 3.63) is 34.6 Å². The summed E-state index contributed by atoms with van der Waals surface area (Å²) >= 11 is 5.80. The summed E-state index contributed by atoms with van der Waals surface area (Å²) in [6, 6.07) is 4.29. The molecule has 92 valence electrons. The predicted octanol–water partition coefficient (Wildman–Crippen LogP) is 4.48. The van der Waals surface area contributed by atoms with Crippen molar-refractivity contribution >= 4 is 24.0 Å². The number of halogens is 3. The van der Waals surface area contributed by atoms with Gasteiger partial charge in [0.05, 0.1) is 0 Å². The quantitative estimate of drug-likeness (QED) is 0.781. The molecule has 0 amide bonds. The molecule has 1 aromatic carbocycles. The van der Waals surface area contributed by atoms with E-state index < -0.39 is 0 Å². The van der Waals surface area contributed by atoms with Crippen molar-refractivity contribution in [3.63, 3.8) is 0 Å². The van der Waals surface area contributed by atoms with Crippen molar-refractivity contribution in [1.82, 2.24) is 0 Å². The van der Waals surface area contributed by atoms with Crippen LogP contribution >= 0.6 is 24.0 Å². The highest BCUT2D eigenvalue weighted by atomic mass is 35.5. The molecule has 0 aliphatic rings. The molecule has 0 aromatic heterocycles. The standard InChI is InChI=1S/C12H17ClFN.ClH/c1-2-3-4-5-12(15)10-8-9(13)6-7-11(10)14;/h6-8,12H,2-5,15H2,1H3;1H/t12-;/m0./s1. The second kappa shape index (κ2) is 7.88. The molecular formula is C12H18Cl2FN. The molecule has 0 aliphatic heterocycles. The molecular weight excluding hydrogens is 248 g/mol. The van der Waals surface area contributed by atoms with E-state index in [1.807, 2.05) is 0 Å². The molecule has 16 heavy (non-hydrogen) atoms. The molecule has 0 fully saturated rings. The monoisotopic (exact) mass is 265 g/mol. The van der Waals surface area contributed by atoms with Crippen LogP contribution in [0.3, 0.4) is 0 Å². The third kappa shape index (κ3) is 4.69. The topological polar surface area (TPSA) is 26.0 Å². The van der Waals surface area contributed by atoms with Crippen molar-refractivity contribution in [1.29, 1.82) is 0 Å².